The van der Waals surface area contributed by atoms with Crippen LogP contribution in [0.3, 0.4) is 0 Å². The molecule has 0 heterocycles. The second-order valence-corrected chi connectivity index (χ2v) is 4.48. The Balaban J connectivity index is 2.65. The number of nitrogens with two attached hydrogens (primary N) is 1. The van der Waals surface area contributed by atoms with Crippen molar-refractivity contribution in [1.29, 1.82) is 0 Å². The van der Waals surface area contributed by atoms with Crippen LogP contribution in [0.4, 0.5) is 0 Å². The first kappa shape index (κ1) is 15.0. The molecule has 104 valence electrons. The fraction of sp³-hybridized carbons (Fsp3) is 0.385. The highest BCUT2D eigenvalue weighted by molar-refractivity contribution is 5.97. The Hall–Kier alpha value is -2.08. The summed E-state index contributed by atoms with van der Waals surface area (Å²) in [6.45, 7) is 1.94. The molecule has 1 aromatic rings. The van der Waals surface area contributed by atoms with Crippen molar-refractivity contribution < 1.29 is 15.1 Å². The van der Waals surface area contributed by atoms with E-state index in [1.807, 2.05) is 0 Å². The van der Waals surface area contributed by atoms with Gasteiger partial charge in [-0.3, -0.25) is 4.79 Å². The van der Waals surface area contributed by atoms with Crippen molar-refractivity contribution >= 4 is 11.7 Å². The Labute approximate surface area is 112 Å². The van der Waals surface area contributed by atoms with Crippen molar-refractivity contribution in [2.45, 2.75) is 19.4 Å². The summed E-state index contributed by atoms with van der Waals surface area (Å²) in [6, 6.07) is 6.88. The first-order chi connectivity index (χ1) is 8.93. The average Bonchev–Trinajstić information content (AvgIpc) is 2.37. The molecule has 0 spiro atoms. The summed E-state index contributed by atoms with van der Waals surface area (Å²) in [5, 5.41) is 20.7. The van der Waals surface area contributed by atoms with E-state index in [2.05, 4.69) is 5.16 Å². The highest BCUT2D eigenvalue weighted by Gasteiger charge is 2.11. The highest BCUT2D eigenvalue weighted by atomic mass is 16.4. The summed E-state index contributed by atoms with van der Waals surface area (Å²) in [5.41, 5.74) is 6.87. The molecule has 0 aliphatic carbocycles. The third-order valence-electron chi connectivity index (χ3n) is 2.68. The van der Waals surface area contributed by atoms with Gasteiger partial charge in [-0.25, -0.2) is 0 Å². The van der Waals surface area contributed by atoms with E-state index in [-0.39, 0.29) is 18.2 Å². The normalized spacial score (nSPS) is 13.1. The molecule has 0 aromatic heterocycles. The fourth-order valence-electron chi connectivity index (χ4n) is 1.66. The number of rotatable bonds is 5. The molecule has 0 aliphatic heterocycles. The van der Waals surface area contributed by atoms with Gasteiger partial charge < -0.3 is 20.9 Å². The molecule has 6 nitrogen and oxygen atoms in total. The van der Waals surface area contributed by atoms with Crippen LogP contribution in [0, 0.1) is 0 Å². The number of amidine groups is 1. The maximum atomic E-state index is 11.8. The molecule has 1 aromatic carbocycles. The predicted octanol–water partition coefficient (Wildman–Crippen LogP) is 0.163. The zero-order valence-electron chi connectivity index (χ0n) is 11.1. The minimum atomic E-state index is -0.545. The molecule has 0 saturated heterocycles. The molecular weight excluding hydrogens is 246 g/mol. The van der Waals surface area contributed by atoms with E-state index in [4.69, 9.17) is 10.9 Å². The van der Waals surface area contributed by atoms with Gasteiger partial charge in [0.2, 0.25) is 5.91 Å². The highest BCUT2D eigenvalue weighted by Crippen LogP contribution is 2.06. The number of carbonyl (C=O) groups excluding carboxylic acids is 1. The van der Waals surface area contributed by atoms with Crippen molar-refractivity contribution in [1.82, 2.24) is 4.90 Å². The number of nitrogens with zero attached hydrogens (tertiary/aromatic N) is 2. The van der Waals surface area contributed by atoms with E-state index in [0.717, 1.165) is 5.56 Å². The number of likely N-dealkylation sites (N-methyl/N-ethyl adjacent to an activating group) is 1. The van der Waals surface area contributed by atoms with E-state index < -0.39 is 6.10 Å². The molecule has 6 heteroatoms. The fourth-order valence-corrected chi connectivity index (χ4v) is 1.66. The van der Waals surface area contributed by atoms with Gasteiger partial charge in [0.25, 0.3) is 0 Å². The van der Waals surface area contributed by atoms with E-state index >= 15 is 0 Å². The molecule has 4 N–H and O–H groups in total. The Morgan fingerprint density at radius 1 is 1.42 bits per heavy atom. The van der Waals surface area contributed by atoms with Crippen LogP contribution in [-0.4, -0.2) is 46.7 Å². The molecular formula is C13H19N3O3. The molecule has 0 fully saturated rings. The first-order valence-electron chi connectivity index (χ1n) is 5.93. The van der Waals surface area contributed by atoms with Crippen LogP contribution in [0.2, 0.25) is 0 Å². The molecule has 0 aliphatic rings. The van der Waals surface area contributed by atoms with Crippen LogP contribution < -0.4 is 5.73 Å². The van der Waals surface area contributed by atoms with Crippen LogP contribution in [0.1, 0.15) is 18.1 Å². The zero-order chi connectivity index (χ0) is 14.4. The number of hydrogen-bond donors (Lipinski definition) is 3. The van der Waals surface area contributed by atoms with Gasteiger partial charge in [-0.15, -0.1) is 0 Å². The maximum absolute atomic E-state index is 11.8. The first-order valence-corrected chi connectivity index (χ1v) is 5.93. The largest absolute Gasteiger partial charge is 0.409 e. The summed E-state index contributed by atoms with van der Waals surface area (Å²) in [5.74, 6) is -0.0402. The van der Waals surface area contributed by atoms with Crippen LogP contribution in [0.5, 0.6) is 0 Å². The van der Waals surface area contributed by atoms with Crippen molar-refractivity contribution in [2.75, 3.05) is 13.6 Å². The van der Waals surface area contributed by atoms with Gasteiger partial charge >= 0.3 is 0 Å². The standard InChI is InChI=1S/C13H19N3O3/c1-9(17)8-16(2)12(18)7-10-3-5-11(6-4-10)13(14)15-19/h3-6,9,17,19H,7-8H2,1-2H3,(H2,14,15). The third-order valence-corrected chi connectivity index (χ3v) is 2.68. The van der Waals surface area contributed by atoms with Crippen molar-refractivity contribution in [3.05, 3.63) is 35.4 Å². The summed E-state index contributed by atoms with van der Waals surface area (Å²) >= 11 is 0. The maximum Gasteiger partial charge on any atom is 0.226 e. The zero-order valence-corrected chi connectivity index (χ0v) is 11.1. The molecule has 1 unspecified atom stereocenters. The Bertz CT molecular complexity index is 455. The summed E-state index contributed by atoms with van der Waals surface area (Å²) in [7, 11) is 1.65. The van der Waals surface area contributed by atoms with Gasteiger partial charge in [0.1, 0.15) is 0 Å². The second-order valence-electron chi connectivity index (χ2n) is 4.48. The minimum absolute atomic E-state index is 0.0316. The molecule has 0 bridgehead atoms. The number of carbonyl (C=O) groups is 1. The van der Waals surface area contributed by atoms with Crippen LogP contribution in [0.25, 0.3) is 0 Å². The van der Waals surface area contributed by atoms with Crippen LogP contribution in [-0.2, 0) is 11.2 Å². The van der Waals surface area contributed by atoms with Crippen molar-refractivity contribution in [3.63, 3.8) is 0 Å². The number of aliphatic hydroxyl groups excluding tert-OH is 1. The quantitative estimate of drug-likeness (QED) is 0.306. The Morgan fingerprint density at radius 3 is 2.47 bits per heavy atom. The lowest BCUT2D eigenvalue weighted by molar-refractivity contribution is -0.130. The van der Waals surface area contributed by atoms with Gasteiger partial charge in [0, 0.05) is 19.2 Å². The number of oxime groups is 1. The van der Waals surface area contributed by atoms with Crippen molar-refractivity contribution in [3.8, 4) is 0 Å². The van der Waals surface area contributed by atoms with Crippen LogP contribution >= 0.6 is 0 Å². The monoisotopic (exact) mass is 265 g/mol. The Kier molecular flexibility index (Phi) is 5.32. The second kappa shape index (κ2) is 6.75. The SMILES string of the molecule is CC(O)CN(C)C(=O)Cc1ccc(C(N)=NO)cc1. The van der Waals surface area contributed by atoms with E-state index in [0.29, 0.717) is 12.1 Å². The number of benzene rings is 1. The van der Waals surface area contributed by atoms with Gasteiger partial charge in [-0.1, -0.05) is 29.4 Å². The topological polar surface area (TPSA) is 99.2 Å². The van der Waals surface area contributed by atoms with E-state index in [1.54, 1.807) is 38.2 Å². The lowest BCUT2D eigenvalue weighted by Gasteiger charge is -2.18. The number of aliphatic hydroxyl groups is 1. The smallest absolute Gasteiger partial charge is 0.226 e. The van der Waals surface area contributed by atoms with Crippen LogP contribution in [0.15, 0.2) is 29.4 Å². The molecule has 1 amide bonds. The van der Waals surface area contributed by atoms with Gasteiger partial charge in [-0.2, -0.15) is 0 Å². The van der Waals surface area contributed by atoms with Gasteiger partial charge in [-0.05, 0) is 12.5 Å². The lowest BCUT2D eigenvalue weighted by Crippen LogP contribution is -2.34. The molecule has 19 heavy (non-hydrogen) atoms. The van der Waals surface area contributed by atoms with Gasteiger partial charge in [0.15, 0.2) is 5.84 Å². The third kappa shape index (κ3) is 4.59. The van der Waals surface area contributed by atoms with Gasteiger partial charge in [0.05, 0.1) is 12.5 Å². The average molecular weight is 265 g/mol. The Morgan fingerprint density at radius 2 is 2.00 bits per heavy atom. The lowest BCUT2D eigenvalue weighted by atomic mass is 10.1. The van der Waals surface area contributed by atoms with E-state index in [1.165, 1.54) is 4.90 Å². The summed E-state index contributed by atoms with van der Waals surface area (Å²) < 4.78 is 0. The molecule has 1 atom stereocenters. The number of amides is 1. The number of hydrogen-bond acceptors (Lipinski definition) is 4. The molecule has 0 radical (unpaired) electrons. The van der Waals surface area contributed by atoms with Crippen molar-refractivity contribution in [2.24, 2.45) is 10.9 Å². The summed E-state index contributed by atoms with van der Waals surface area (Å²) in [4.78, 5) is 13.3. The minimum Gasteiger partial charge on any atom is -0.409 e. The summed E-state index contributed by atoms with van der Waals surface area (Å²) in [6.07, 6.45) is -0.295. The van der Waals surface area contributed by atoms with E-state index in [9.17, 15) is 9.90 Å². The molecule has 1 rings (SSSR count). The predicted molar refractivity (Wildman–Crippen MR) is 72.0 cm³/mol. The molecule has 0 saturated carbocycles.